The molecular formula is C26H34N2O. The van der Waals surface area contributed by atoms with Crippen molar-refractivity contribution in [1.29, 1.82) is 0 Å². The van der Waals surface area contributed by atoms with Crippen LogP contribution in [-0.4, -0.2) is 31.1 Å². The van der Waals surface area contributed by atoms with Crippen molar-refractivity contribution < 1.29 is 4.74 Å². The molecule has 1 heterocycles. The third kappa shape index (κ3) is 3.54. The summed E-state index contributed by atoms with van der Waals surface area (Å²) in [5.74, 6) is 2.61. The van der Waals surface area contributed by atoms with Crippen LogP contribution in [0.3, 0.4) is 0 Å². The van der Waals surface area contributed by atoms with Gasteiger partial charge in [0.25, 0.3) is 0 Å². The van der Waals surface area contributed by atoms with E-state index in [1.54, 1.807) is 18.2 Å². The fourth-order valence-corrected chi connectivity index (χ4v) is 5.62. The smallest absolute Gasteiger partial charge is 0.118 e. The number of hydrogen-bond donors (Lipinski definition) is 1. The van der Waals surface area contributed by atoms with E-state index in [1.165, 1.54) is 50.0 Å². The van der Waals surface area contributed by atoms with E-state index < -0.39 is 0 Å². The molecule has 0 radical (unpaired) electrons. The van der Waals surface area contributed by atoms with Crippen molar-refractivity contribution in [1.82, 2.24) is 4.90 Å². The molecule has 5 rings (SSSR count). The molecule has 0 amide bonds. The highest BCUT2D eigenvalue weighted by Gasteiger charge is 2.48. The first-order valence-electron chi connectivity index (χ1n) is 11.3. The molecule has 154 valence electrons. The average molecular weight is 391 g/mol. The molecule has 3 heteroatoms. The van der Waals surface area contributed by atoms with Crippen molar-refractivity contribution in [3.05, 3.63) is 59.2 Å². The Bertz CT molecular complexity index is 873. The molecule has 1 aliphatic heterocycles. The van der Waals surface area contributed by atoms with Crippen molar-refractivity contribution in [2.45, 2.75) is 57.5 Å². The van der Waals surface area contributed by atoms with E-state index in [2.05, 4.69) is 54.4 Å². The number of piperidine rings is 1. The topological polar surface area (TPSA) is 24.5 Å². The minimum absolute atomic E-state index is 0.302. The van der Waals surface area contributed by atoms with E-state index in [9.17, 15) is 0 Å². The van der Waals surface area contributed by atoms with E-state index in [4.69, 9.17) is 4.74 Å². The normalized spacial score (nSPS) is 28.7. The fourth-order valence-electron chi connectivity index (χ4n) is 5.62. The van der Waals surface area contributed by atoms with Crippen LogP contribution >= 0.6 is 0 Å². The van der Waals surface area contributed by atoms with Crippen LogP contribution in [0.2, 0.25) is 0 Å². The number of fused-ring (bicyclic) bond motifs is 4. The van der Waals surface area contributed by atoms with Gasteiger partial charge in [0.2, 0.25) is 0 Å². The van der Waals surface area contributed by atoms with Crippen LogP contribution in [0, 0.1) is 11.8 Å². The first-order valence-corrected chi connectivity index (χ1v) is 11.3. The molecule has 1 N–H and O–H groups in total. The molecule has 3 aliphatic rings. The Morgan fingerprint density at radius 1 is 1.14 bits per heavy atom. The summed E-state index contributed by atoms with van der Waals surface area (Å²) in [7, 11) is 1.71. The van der Waals surface area contributed by atoms with Gasteiger partial charge in [-0.15, -0.1) is 0 Å². The zero-order valence-corrected chi connectivity index (χ0v) is 18.1. The summed E-state index contributed by atoms with van der Waals surface area (Å²) in [5, 5.41) is 3.65. The Hall–Kier alpha value is -2.00. The van der Waals surface area contributed by atoms with Gasteiger partial charge in [0.15, 0.2) is 0 Å². The van der Waals surface area contributed by atoms with Crippen LogP contribution in [0.25, 0.3) is 0 Å². The van der Waals surface area contributed by atoms with E-state index >= 15 is 0 Å². The van der Waals surface area contributed by atoms with Gasteiger partial charge in [-0.2, -0.15) is 0 Å². The molecule has 0 aromatic heterocycles. The molecule has 1 saturated carbocycles. The van der Waals surface area contributed by atoms with Crippen LogP contribution in [0.4, 0.5) is 5.69 Å². The van der Waals surface area contributed by atoms with Crippen molar-refractivity contribution >= 4 is 5.69 Å². The molecule has 2 fully saturated rings. The Kier molecular flexibility index (Phi) is 4.82. The van der Waals surface area contributed by atoms with Gasteiger partial charge in [-0.25, -0.2) is 0 Å². The van der Waals surface area contributed by atoms with Gasteiger partial charge in [0.05, 0.1) is 7.11 Å². The van der Waals surface area contributed by atoms with E-state index in [0.717, 1.165) is 30.2 Å². The second kappa shape index (κ2) is 7.36. The standard InChI is InChI=1S/C26H34N2O/c1-18-25-14-21-8-9-22(27-16-19-6-10-23(29-3)11-7-19)15-24(21)26(18,2)12-13-28(25)17-20-4-5-20/h6-11,15,18,20,25,27H,4-5,12-14,16-17H2,1-3H3/t18-,25+,26+/m0/s1. The molecular weight excluding hydrogens is 356 g/mol. The summed E-state index contributed by atoms with van der Waals surface area (Å²) in [6, 6.07) is 16.2. The third-order valence-corrected chi connectivity index (χ3v) is 7.97. The van der Waals surface area contributed by atoms with Crippen LogP contribution in [0.15, 0.2) is 42.5 Å². The number of ether oxygens (including phenoxy) is 1. The van der Waals surface area contributed by atoms with Gasteiger partial charge >= 0.3 is 0 Å². The van der Waals surface area contributed by atoms with Crippen LogP contribution < -0.4 is 10.1 Å². The number of anilines is 1. The molecule has 2 bridgehead atoms. The summed E-state index contributed by atoms with van der Waals surface area (Å²) in [4.78, 5) is 2.82. The highest BCUT2D eigenvalue weighted by Crippen LogP contribution is 2.49. The number of likely N-dealkylation sites (tertiary alicyclic amines) is 1. The molecule has 0 spiro atoms. The summed E-state index contributed by atoms with van der Waals surface area (Å²) in [6.07, 6.45) is 5.41. The van der Waals surface area contributed by atoms with Gasteiger partial charge in [-0.05, 0) is 90.4 Å². The predicted molar refractivity (Wildman–Crippen MR) is 120 cm³/mol. The summed E-state index contributed by atoms with van der Waals surface area (Å²) in [5.41, 5.74) is 5.98. The summed E-state index contributed by atoms with van der Waals surface area (Å²) < 4.78 is 5.26. The molecule has 1 saturated heterocycles. The first-order chi connectivity index (χ1) is 14.1. The molecule has 3 nitrogen and oxygen atoms in total. The number of nitrogens with one attached hydrogen (secondary N) is 1. The second-order valence-electron chi connectivity index (χ2n) is 9.74. The third-order valence-electron chi connectivity index (χ3n) is 7.97. The van der Waals surface area contributed by atoms with Gasteiger partial charge in [0, 0.05) is 24.8 Å². The lowest BCUT2D eigenvalue weighted by Crippen LogP contribution is -2.58. The molecule has 2 aromatic carbocycles. The lowest BCUT2D eigenvalue weighted by molar-refractivity contribution is 0.0284. The fraction of sp³-hybridized carbons (Fsp3) is 0.538. The molecule has 3 atom stereocenters. The van der Waals surface area contributed by atoms with Crippen LogP contribution in [0.5, 0.6) is 5.75 Å². The van der Waals surface area contributed by atoms with Gasteiger partial charge in [0.1, 0.15) is 5.75 Å². The van der Waals surface area contributed by atoms with E-state index in [-0.39, 0.29) is 0 Å². The monoisotopic (exact) mass is 390 g/mol. The summed E-state index contributed by atoms with van der Waals surface area (Å²) >= 11 is 0. The van der Waals surface area contributed by atoms with Gasteiger partial charge < -0.3 is 10.1 Å². The maximum atomic E-state index is 5.26. The lowest BCUT2D eigenvalue weighted by Gasteiger charge is -2.55. The van der Waals surface area contributed by atoms with Crippen molar-refractivity contribution in [3.8, 4) is 5.75 Å². The van der Waals surface area contributed by atoms with Gasteiger partial charge in [-0.3, -0.25) is 4.90 Å². The van der Waals surface area contributed by atoms with E-state index in [0.29, 0.717) is 5.41 Å². The molecule has 2 aliphatic carbocycles. The minimum Gasteiger partial charge on any atom is -0.497 e. The Morgan fingerprint density at radius 3 is 2.66 bits per heavy atom. The van der Waals surface area contributed by atoms with Crippen LogP contribution in [-0.2, 0) is 18.4 Å². The number of benzene rings is 2. The second-order valence-corrected chi connectivity index (χ2v) is 9.74. The minimum atomic E-state index is 0.302. The van der Waals surface area contributed by atoms with Crippen molar-refractivity contribution in [3.63, 3.8) is 0 Å². The zero-order valence-electron chi connectivity index (χ0n) is 18.1. The van der Waals surface area contributed by atoms with E-state index in [1.807, 2.05) is 12.1 Å². The summed E-state index contributed by atoms with van der Waals surface area (Å²) in [6.45, 7) is 8.47. The predicted octanol–water partition coefficient (Wildman–Crippen LogP) is 5.24. The maximum Gasteiger partial charge on any atom is 0.118 e. The highest BCUT2D eigenvalue weighted by atomic mass is 16.5. The average Bonchev–Trinajstić information content (AvgIpc) is 3.56. The lowest BCUT2D eigenvalue weighted by atomic mass is 9.59. The first kappa shape index (κ1) is 19.0. The molecule has 0 unspecified atom stereocenters. The number of rotatable bonds is 6. The highest BCUT2D eigenvalue weighted by molar-refractivity contribution is 5.53. The Balaban J connectivity index is 1.34. The number of methoxy groups -OCH3 is 1. The van der Waals surface area contributed by atoms with Crippen LogP contribution in [0.1, 0.15) is 49.8 Å². The number of hydrogen-bond acceptors (Lipinski definition) is 3. The molecule has 29 heavy (non-hydrogen) atoms. The van der Waals surface area contributed by atoms with Gasteiger partial charge in [-0.1, -0.05) is 32.0 Å². The Morgan fingerprint density at radius 2 is 1.93 bits per heavy atom. The zero-order chi connectivity index (χ0) is 20.0. The van der Waals surface area contributed by atoms with Crippen molar-refractivity contribution in [2.75, 3.05) is 25.5 Å². The largest absolute Gasteiger partial charge is 0.497 e. The Labute approximate surface area is 175 Å². The SMILES string of the molecule is COc1ccc(CNc2ccc3c(c2)[C@]2(C)CCN(CC4CC4)[C@H](C3)[C@@H]2C)cc1. The number of nitrogens with zero attached hydrogens (tertiary/aromatic N) is 1. The van der Waals surface area contributed by atoms with Crippen molar-refractivity contribution in [2.24, 2.45) is 11.8 Å². The maximum absolute atomic E-state index is 5.26. The molecule has 2 aromatic rings. The quantitative estimate of drug-likeness (QED) is 0.730.